The number of hydrogen-bond acceptors (Lipinski definition) is 2. The predicted molar refractivity (Wildman–Crippen MR) is 249 cm³/mol. The molecule has 7 aromatic rings. The van der Waals surface area contributed by atoms with E-state index in [1.54, 1.807) is 0 Å². The van der Waals surface area contributed by atoms with Crippen molar-refractivity contribution in [3.05, 3.63) is 156 Å². The van der Waals surface area contributed by atoms with Gasteiger partial charge in [0.05, 0.1) is 5.54 Å². The van der Waals surface area contributed by atoms with E-state index in [2.05, 4.69) is 194 Å². The van der Waals surface area contributed by atoms with Crippen LogP contribution in [-0.4, -0.2) is 5.54 Å². The molecule has 1 fully saturated rings. The van der Waals surface area contributed by atoms with Gasteiger partial charge in [-0.15, -0.1) is 0 Å². The lowest BCUT2D eigenvalue weighted by Crippen LogP contribution is -2.54. The lowest BCUT2D eigenvalue weighted by molar-refractivity contribution is 0.273. The topological polar surface area (TPSA) is 16.4 Å². The van der Waals surface area contributed by atoms with Gasteiger partial charge in [-0.2, -0.15) is 0 Å². The summed E-state index contributed by atoms with van der Waals surface area (Å²) in [6, 6.07) is 46.3. The molecule has 58 heavy (non-hydrogen) atoms. The van der Waals surface area contributed by atoms with Gasteiger partial charge < -0.3 is 9.32 Å². The summed E-state index contributed by atoms with van der Waals surface area (Å²) in [5, 5.41) is 5.07. The van der Waals surface area contributed by atoms with E-state index in [-0.39, 0.29) is 22.3 Å². The molecule has 3 unspecified atom stereocenters. The molecule has 2 aliphatic rings. The van der Waals surface area contributed by atoms with Crippen LogP contribution < -0.4 is 4.90 Å². The Labute approximate surface area is 347 Å². The summed E-state index contributed by atoms with van der Waals surface area (Å²) in [6.45, 7) is 19.2. The number of benzene rings is 6. The quantitative estimate of drug-likeness (QED) is 0.157. The largest absolute Gasteiger partial charge is 0.456 e. The molecule has 0 amide bonds. The minimum Gasteiger partial charge on any atom is -0.456 e. The average molecular weight is 764 g/mol. The molecule has 0 N–H and O–H groups in total. The van der Waals surface area contributed by atoms with Crippen LogP contribution in [0.3, 0.4) is 0 Å². The van der Waals surface area contributed by atoms with Gasteiger partial charge in [-0.1, -0.05) is 171 Å². The summed E-state index contributed by atoms with van der Waals surface area (Å²) in [7, 11) is 0. The van der Waals surface area contributed by atoms with Crippen molar-refractivity contribution in [1.29, 1.82) is 0 Å². The fourth-order valence-electron chi connectivity index (χ4n) is 10.4. The van der Waals surface area contributed by atoms with E-state index in [1.807, 2.05) is 0 Å². The highest BCUT2D eigenvalue weighted by atomic mass is 16.3. The monoisotopic (exact) mass is 763 g/mol. The van der Waals surface area contributed by atoms with Gasteiger partial charge in [0.1, 0.15) is 11.2 Å². The maximum Gasteiger partial charge on any atom is 0.135 e. The van der Waals surface area contributed by atoms with Crippen LogP contribution in [-0.2, 0) is 10.8 Å². The van der Waals surface area contributed by atoms with Crippen molar-refractivity contribution in [2.45, 2.75) is 122 Å². The molecule has 2 nitrogen and oxygen atoms in total. The van der Waals surface area contributed by atoms with Gasteiger partial charge in [-0.05, 0) is 118 Å². The molecule has 9 rings (SSSR count). The molecular formula is C56H61NO. The Bertz CT molecular complexity index is 2620. The first-order valence-corrected chi connectivity index (χ1v) is 22.0. The Kier molecular flexibility index (Phi) is 9.70. The summed E-state index contributed by atoms with van der Waals surface area (Å²) >= 11 is 0. The third-order valence-corrected chi connectivity index (χ3v) is 14.0. The first-order chi connectivity index (χ1) is 27.8. The number of para-hydroxylation sites is 2. The fraction of sp³-hybridized carbons (Fsp3) is 0.357. The van der Waals surface area contributed by atoms with Crippen LogP contribution >= 0.6 is 0 Å². The van der Waals surface area contributed by atoms with Crippen molar-refractivity contribution in [1.82, 2.24) is 0 Å². The van der Waals surface area contributed by atoms with Gasteiger partial charge in [0.2, 0.25) is 0 Å². The van der Waals surface area contributed by atoms with Crippen molar-refractivity contribution in [3.8, 4) is 11.1 Å². The van der Waals surface area contributed by atoms with Crippen LogP contribution in [0.1, 0.15) is 128 Å². The zero-order valence-electron chi connectivity index (χ0n) is 36.0. The molecule has 0 aliphatic heterocycles. The minimum atomic E-state index is -0.347. The number of hydrogen-bond donors (Lipinski definition) is 0. The second-order valence-electron chi connectivity index (χ2n) is 19.8. The predicted octanol–water partition coefficient (Wildman–Crippen LogP) is 16.3. The van der Waals surface area contributed by atoms with E-state index in [4.69, 9.17) is 4.42 Å². The van der Waals surface area contributed by atoms with Gasteiger partial charge in [0.25, 0.3) is 0 Å². The third-order valence-electron chi connectivity index (χ3n) is 14.0. The van der Waals surface area contributed by atoms with Crippen molar-refractivity contribution in [2.75, 3.05) is 4.90 Å². The van der Waals surface area contributed by atoms with Gasteiger partial charge in [0.15, 0.2) is 0 Å². The van der Waals surface area contributed by atoms with Crippen molar-refractivity contribution >= 4 is 44.1 Å². The van der Waals surface area contributed by atoms with Crippen LogP contribution in [0, 0.1) is 5.92 Å². The molecule has 1 saturated carbocycles. The van der Waals surface area contributed by atoms with Crippen molar-refractivity contribution in [2.24, 2.45) is 5.92 Å². The molecule has 296 valence electrons. The maximum absolute atomic E-state index is 6.45. The third kappa shape index (κ3) is 6.67. The Balaban J connectivity index is 1.33. The highest BCUT2D eigenvalue weighted by Crippen LogP contribution is 2.54. The summed E-state index contributed by atoms with van der Waals surface area (Å²) in [4.78, 5) is 2.75. The molecule has 1 aromatic heterocycles. The number of nitrogens with zero attached hydrogens (tertiary/aromatic N) is 1. The normalized spacial score (nSPS) is 20.6. The fourth-order valence-corrected chi connectivity index (χ4v) is 10.4. The number of fused-ring (bicyclic) bond motifs is 4. The number of anilines is 2. The molecule has 6 aromatic carbocycles. The second-order valence-corrected chi connectivity index (χ2v) is 19.8. The van der Waals surface area contributed by atoms with Gasteiger partial charge in [-0.3, -0.25) is 0 Å². The zero-order valence-corrected chi connectivity index (χ0v) is 36.0. The highest BCUT2D eigenvalue weighted by Gasteiger charge is 2.47. The highest BCUT2D eigenvalue weighted by molar-refractivity contribution is 6.07. The van der Waals surface area contributed by atoms with E-state index in [0.717, 1.165) is 28.4 Å². The Hall–Kier alpha value is -5.08. The van der Waals surface area contributed by atoms with Crippen molar-refractivity contribution < 1.29 is 4.42 Å². The number of furan rings is 1. The average Bonchev–Trinajstić information content (AvgIpc) is 3.59. The molecule has 1 heterocycles. The van der Waals surface area contributed by atoms with E-state index >= 15 is 0 Å². The molecule has 2 heteroatoms. The molecule has 0 bridgehead atoms. The SMILES string of the molecule is CC1CC=CC(c2cc(C(C)(C)C)cc(C(C)(C)C)c2)C1(C)N(c1ccc2oc3ccccc3c2c1)c1ccccc1-c1cccc2cccc(C3CCCCC3)c12. The van der Waals surface area contributed by atoms with Crippen LogP contribution in [0.15, 0.2) is 138 Å². The van der Waals surface area contributed by atoms with E-state index in [0.29, 0.717) is 11.8 Å². The van der Waals surface area contributed by atoms with Gasteiger partial charge in [-0.25, -0.2) is 0 Å². The zero-order chi connectivity index (χ0) is 40.4. The number of allylic oxidation sites excluding steroid dienone is 1. The smallest absolute Gasteiger partial charge is 0.135 e. The van der Waals surface area contributed by atoms with Gasteiger partial charge >= 0.3 is 0 Å². The van der Waals surface area contributed by atoms with E-state index in [1.165, 1.54) is 87.6 Å². The maximum atomic E-state index is 6.45. The Morgan fingerprint density at radius 1 is 0.638 bits per heavy atom. The minimum absolute atomic E-state index is 0.0144. The molecule has 2 aliphatic carbocycles. The van der Waals surface area contributed by atoms with Crippen LogP contribution in [0.25, 0.3) is 43.8 Å². The van der Waals surface area contributed by atoms with E-state index < -0.39 is 0 Å². The molecule has 0 spiro atoms. The van der Waals surface area contributed by atoms with E-state index in [9.17, 15) is 0 Å². The molecule has 3 atom stereocenters. The second kappa shape index (κ2) is 14.6. The lowest BCUT2D eigenvalue weighted by atomic mass is 9.65. The first kappa shape index (κ1) is 38.4. The van der Waals surface area contributed by atoms with Crippen molar-refractivity contribution in [3.63, 3.8) is 0 Å². The molecular weight excluding hydrogens is 703 g/mol. The van der Waals surface area contributed by atoms with Crippen LogP contribution in [0.2, 0.25) is 0 Å². The summed E-state index contributed by atoms with van der Waals surface area (Å²) in [5.74, 6) is 1.04. The van der Waals surface area contributed by atoms with Crippen LogP contribution in [0.4, 0.5) is 11.4 Å². The Morgan fingerprint density at radius 2 is 1.29 bits per heavy atom. The van der Waals surface area contributed by atoms with Gasteiger partial charge in [0, 0.05) is 33.6 Å². The lowest BCUT2D eigenvalue weighted by Gasteiger charge is -2.53. The standard InChI is InChI=1S/C56H61NO/c1-37-19-16-28-49(40-33-41(54(2,3)4)35-42(34-40)55(5,6)7)56(37,8)57(43-31-32-52-48(36-43)46-25-13-15-30-51(46)58-52)50-29-14-12-24-45(50)47-27-18-23-39-22-17-26-44(53(39)47)38-20-10-9-11-21-38/h12-18,22-38,49H,9-11,19-21H2,1-8H3. The summed E-state index contributed by atoms with van der Waals surface area (Å²) in [6.07, 6.45) is 12.5. The molecule has 0 saturated heterocycles. The number of rotatable bonds is 6. The summed E-state index contributed by atoms with van der Waals surface area (Å²) in [5.41, 5.74) is 12.3. The summed E-state index contributed by atoms with van der Waals surface area (Å²) < 4.78 is 6.45. The molecule has 0 radical (unpaired) electrons. The first-order valence-electron chi connectivity index (χ1n) is 22.0. The van der Waals surface area contributed by atoms with Crippen LogP contribution in [0.5, 0.6) is 0 Å². The Morgan fingerprint density at radius 3 is 2.03 bits per heavy atom.